The Morgan fingerprint density at radius 1 is 1.08 bits per heavy atom. The van der Waals surface area contributed by atoms with Gasteiger partial charge < -0.3 is 18.6 Å². The molecular weight excluding hydrogens is 491 g/mol. The first-order valence-electron chi connectivity index (χ1n) is 10.7. The fourth-order valence-electron chi connectivity index (χ4n) is 4.25. The van der Waals surface area contributed by atoms with Crippen molar-refractivity contribution in [3.8, 4) is 11.5 Å². The van der Waals surface area contributed by atoms with E-state index in [1.54, 1.807) is 25.1 Å². The third-order valence-corrected chi connectivity index (χ3v) is 7.05. The lowest BCUT2D eigenvalue weighted by Crippen LogP contribution is -2.29. The summed E-state index contributed by atoms with van der Waals surface area (Å²) in [5.41, 5.74) is 0.408. The zero-order valence-corrected chi connectivity index (χ0v) is 20.4. The van der Waals surface area contributed by atoms with Gasteiger partial charge in [-0.05, 0) is 42.8 Å². The fraction of sp³-hybridized carbons (Fsp3) is 0.200. The van der Waals surface area contributed by atoms with E-state index in [1.807, 2.05) is 0 Å². The molecular formula is C25H19FN2O7S. The number of aryl methyl sites for hydroxylation is 1. The number of rotatable bonds is 5. The number of anilines is 1. The van der Waals surface area contributed by atoms with Crippen molar-refractivity contribution >= 4 is 39.3 Å². The number of carbonyl (C=O) groups is 2. The van der Waals surface area contributed by atoms with Gasteiger partial charge in [0.2, 0.25) is 5.76 Å². The number of hydrogen-bond donors (Lipinski definition) is 0. The van der Waals surface area contributed by atoms with Crippen LogP contribution in [0.4, 0.5) is 9.52 Å². The second-order valence-electron chi connectivity index (χ2n) is 7.91. The molecule has 1 atom stereocenters. The predicted octanol–water partition coefficient (Wildman–Crippen LogP) is 4.25. The molecule has 3 heterocycles. The van der Waals surface area contributed by atoms with E-state index >= 15 is 0 Å². The molecule has 5 rings (SSSR count). The third kappa shape index (κ3) is 3.51. The fourth-order valence-corrected chi connectivity index (χ4v) is 5.26. The first-order valence-corrected chi connectivity index (χ1v) is 11.5. The second kappa shape index (κ2) is 8.76. The van der Waals surface area contributed by atoms with Crippen LogP contribution in [0.2, 0.25) is 0 Å². The molecule has 1 amide bonds. The molecule has 2 aromatic carbocycles. The Balaban J connectivity index is 1.79. The minimum absolute atomic E-state index is 0.000513. The van der Waals surface area contributed by atoms with E-state index in [-0.39, 0.29) is 32.3 Å². The molecule has 9 nitrogen and oxygen atoms in total. The number of methoxy groups -OCH3 is 3. The average Bonchev–Trinajstić information content (AvgIpc) is 3.40. The Morgan fingerprint density at radius 2 is 1.83 bits per heavy atom. The molecule has 11 heteroatoms. The van der Waals surface area contributed by atoms with E-state index in [2.05, 4.69) is 4.98 Å². The van der Waals surface area contributed by atoms with Crippen LogP contribution in [-0.4, -0.2) is 38.2 Å². The quantitative estimate of drug-likeness (QED) is 0.367. The van der Waals surface area contributed by atoms with Crippen LogP contribution in [0.3, 0.4) is 0 Å². The summed E-state index contributed by atoms with van der Waals surface area (Å²) >= 11 is 0.952. The zero-order valence-electron chi connectivity index (χ0n) is 19.6. The molecule has 36 heavy (non-hydrogen) atoms. The number of amides is 1. The van der Waals surface area contributed by atoms with Gasteiger partial charge >= 0.3 is 5.97 Å². The van der Waals surface area contributed by atoms with Gasteiger partial charge in [-0.25, -0.2) is 14.2 Å². The van der Waals surface area contributed by atoms with Crippen molar-refractivity contribution in [3.63, 3.8) is 0 Å². The molecule has 0 N–H and O–H groups in total. The minimum atomic E-state index is -0.993. The number of carbonyl (C=O) groups excluding carboxylic acids is 2. The molecule has 1 aliphatic rings. The summed E-state index contributed by atoms with van der Waals surface area (Å²) in [6, 6.07) is 7.48. The highest BCUT2D eigenvalue weighted by Crippen LogP contribution is 2.44. The minimum Gasteiger partial charge on any atom is -0.493 e. The maximum atomic E-state index is 14.0. The van der Waals surface area contributed by atoms with Crippen LogP contribution in [0.5, 0.6) is 11.5 Å². The summed E-state index contributed by atoms with van der Waals surface area (Å²) in [5.74, 6) is -1.21. The van der Waals surface area contributed by atoms with Crippen molar-refractivity contribution in [1.29, 1.82) is 0 Å². The smallest absolute Gasteiger partial charge is 0.350 e. The highest BCUT2D eigenvalue weighted by atomic mass is 32.1. The maximum Gasteiger partial charge on any atom is 0.350 e. The molecule has 0 aliphatic carbocycles. The van der Waals surface area contributed by atoms with Crippen LogP contribution < -0.4 is 19.8 Å². The van der Waals surface area contributed by atoms with Crippen LogP contribution >= 0.6 is 11.3 Å². The molecule has 0 bridgehead atoms. The van der Waals surface area contributed by atoms with Crippen molar-refractivity contribution in [1.82, 2.24) is 4.98 Å². The van der Waals surface area contributed by atoms with Gasteiger partial charge in [-0.1, -0.05) is 17.4 Å². The van der Waals surface area contributed by atoms with E-state index < -0.39 is 29.2 Å². The monoisotopic (exact) mass is 510 g/mol. The van der Waals surface area contributed by atoms with Gasteiger partial charge in [0, 0.05) is 0 Å². The highest BCUT2D eigenvalue weighted by molar-refractivity contribution is 7.17. The molecule has 4 aromatic rings. The number of halogens is 1. The molecule has 0 radical (unpaired) electrons. The van der Waals surface area contributed by atoms with Gasteiger partial charge in [-0.15, -0.1) is 0 Å². The Bertz CT molecular complexity index is 1610. The number of benzene rings is 2. The zero-order chi connectivity index (χ0) is 25.7. The number of aromatic nitrogens is 1. The largest absolute Gasteiger partial charge is 0.493 e. The van der Waals surface area contributed by atoms with E-state index in [4.69, 9.17) is 18.6 Å². The number of hydrogen-bond acceptors (Lipinski definition) is 9. The summed E-state index contributed by atoms with van der Waals surface area (Å²) < 4.78 is 35.4. The van der Waals surface area contributed by atoms with Crippen molar-refractivity contribution in [3.05, 3.63) is 79.9 Å². The van der Waals surface area contributed by atoms with Gasteiger partial charge in [0.1, 0.15) is 16.3 Å². The SMILES string of the molecule is COC(=O)c1sc(N2C(=O)c3oc4ccc(F)cc4c(=O)c3C2c2ccc(OC)c(OC)c2)nc1C. The Kier molecular flexibility index (Phi) is 5.71. The number of thiazole rings is 1. The molecule has 0 spiro atoms. The first kappa shape index (κ1) is 23.5. The molecule has 1 unspecified atom stereocenters. The van der Waals surface area contributed by atoms with Crippen LogP contribution in [0.25, 0.3) is 11.0 Å². The molecule has 0 fully saturated rings. The number of ether oxygens (including phenoxy) is 3. The van der Waals surface area contributed by atoms with Gasteiger partial charge in [-0.2, -0.15) is 0 Å². The van der Waals surface area contributed by atoms with Gasteiger partial charge in [0.15, 0.2) is 22.1 Å². The van der Waals surface area contributed by atoms with Gasteiger partial charge in [0.05, 0.1) is 44.0 Å². The Labute approximate surface area is 207 Å². The molecule has 0 saturated heterocycles. The summed E-state index contributed by atoms with van der Waals surface area (Å²) in [7, 11) is 4.20. The summed E-state index contributed by atoms with van der Waals surface area (Å²) in [6.45, 7) is 1.62. The first-order chi connectivity index (χ1) is 17.3. The van der Waals surface area contributed by atoms with E-state index in [0.29, 0.717) is 22.8 Å². The molecule has 0 saturated carbocycles. The molecule has 2 aromatic heterocycles. The Morgan fingerprint density at radius 3 is 2.53 bits per heavy atom. The second-order valence-corrected chi connectivity index (χ2v) is 8.89. The van der Waals surface area contributed by atoms with Crippen molar-refractivity contribution in [2.24, 2.45) is 0 Å². The molecule has 184 valence electrons. The van der Waals surface area contributed by atoms with Crippen LogP contribution in [0, 0.1) is 12.7 Å². The summed E-state index contributed by atoms with van der Waals surface area (Å²) in [5, 5.41) is 0.165. The van der Waals surface area contributed by atoms with Crippen LogP contribution in [0.15, 0.2) is 45.6 Å². The Hall–Kier alpha value is -4.25. The van der Waals surface area contributed by atoms with Crippen LogP contribution in [0.1, 0.15) is 43.1 Å². The van der Waals surface area contributed by atoms with Gasteiger partial charge in [-0.3, -0.25) is 14.5 Å². The van der Waals surface area contributed by atoms with Crippen molar-refractivity contribution < 1.29 is 32.6 Å². The summed E-state index contributed by atoms with van der Waals surface area (Å²) in [6.07, 6.45) is 0. The standard InChI is InChI=1S/C25H19FN2O7S/c1-11-22(24(31)34-4)36-25(27-11)28-19(12-5-7-16(32-2)17(9-12)33-3)18-20(29)14-10-13(26)6-8-15(14)35-21(18)23(28)30/h5-10,19H,1-4H3. The highest BCUT2D eigenvalue weighted by Gasteiger charge is 2.45. The van der Waals surface area contributed by atoms with E-state index in [1.165, 1.54) is 32.3 Å². The van der Waals surface area contributed by atoms with Crippen molar-refractivity contribution in [2.75, 3.05) is 26.2 Å². The van der Waals surface area contributed by atoms with Crippen molar-refractivity contribution in [2.45, 2.75) is 13.0 Å². The lowest BCUT2D eigenvalue weighted by Gasteiger charge is -2.23. The van der Waals surface area contributed by atoms with E-state index in [9.17, 15) is 18.8 Å². The lowest BCUT2D eigenvalue weighted by atomic mass is 9.98. The maximum absolute atomic E-state index is 14.0. The number of fused-ring (bicyclic) bond motifs is 2. The van der Waals surface area contributed by atoms with Gasteiger partial charge in [0.25, 0.3) is 5.91 Å². The molecule has 1 aliphatic heterocycles. The number of nitrogens with zero attached hydrogens (tertiary/aromatic N) is 2. The van der Waals surface area contributed by atoms with Crippen LogP contribution in [-0.2, 0) is 4.74 Å². The third-order valence-electron chi connectivity index (χ3n) is 5.92. The number of esters is 1. The predicted molar refractivity (Wildman–Crippen MR) is 129 cm³/mol. The van der Waals surface area contributed by atoms with E-state index in [0.717, 1.165) is 23.5 Å². The lowest BCUT2D eigenvalue weighted by molar-refractivity contribution is 0.0605. The average molecular weight is 510 g/mol. The normalized spacial score (nSPS) is 14.8. The topological polar surface area (TPSA) is 108 Å². The summed E-state index contributed by atoms with van der Waals surface area (Å²) in [4.78, 5) is 45.5.